The van der Waals surface area contributed by atoms with Crippen molar-refractivity contribution in [3.05, 3.63) is 75.1 Å². The first-order chi connectivity index (χ1) is 16.3. The number of carbonyl (C=O) groups is 2. The Hall–Kier alpha value is -3.71. The van der Waals surface area contributed by atoms with Crippen LogP contribution in [-0.2, 0) is 27.6 Å². The van der Waals surface area contributed by atoms with Gasteiger partial charge in [-0.05, 0) is 43.0 Å². The van der Waals surface area contributed by atoms with E-state index in [1.54, 1.807) is 23.1 Å². The van der Waals surface area contributed by atoms with Gasteiger partial charge in [0, 0.05) is 37.2 Å². The Morgan fingerprint density at radius 3 is 2.62 bits per heavy atom. The van der Waals surface area contributed by atoms with E-state index in [1.165, 1.54) is 24.3 Å². The zero-order valence-corrected chi connectivity index (χ0v) is 19.2. The molecule has 2 amide bonds. The molecule has 1 aliphatic carbocycles. The minimum atomic E-state index is -3.63. The molecule has 0 unspecified atom stereocenters. The fourth-order valence-corrected chi connectivity index (χ4v) is 5.21. The Morgan fingerprint density at radius 1 is 1.24 bits per heavy atom. The number of carbonyl (C=O) groups excluding carboxylic acids is 2. The zero-order chi connectivity index (χ0) is 24.3. The number of rotatable bonds is 6. The third kappa shape index (κ3) is 4.52. The molecule has 1 aromatic carbocycles. The molecule has 4 rings (SSSR count). The molecule has 10 heteroatoms. The van der Waals surface area contributed by atoms with Crippen LogP contribution in [0, 0.1) is 16.7 Å². The minimum Gasteiger partial charge on any atom is -0.348 e. The molecule has 2 N–H and O–H groups in total. The molecule has 1 fully saturated rings. The second-order valence-electron chi connectivity index (χ2n) is 8.48. The molecule has 1 saturated carbocycles. The van der Waals surface area contributed by atoms with Crippen molar-refractivity contribution in [2.45, 2.75) is 37.1 Å². The quantitative estimate of drug-likeness (QED) is 0.645. The van der Waals surface area contributed by atoms with Gasteiger partial charge in [0.25, 0.3) is 11.5 Å². The molecular formula is C24H24N4O5S. The number of H-pyrrole nitrogens is 1. The van der Waals surface area contributed by atoms with Crippen LogP contribution in [-0.4, -0.2) is 43.2 Å². The molecule has 0 saturated heterocycles. The van der Waals surface area contributed by atoms with Gasteiger partial charge in [-0.25, -0.2) is 8.42 Å². The van der Waals surface area contributed by atoms with Gasteiger partial charge in [-0.2, -0.15) is 5.26 Å². The molecule has 1 aliphatic heterocycles. The van der Waals surface area contributed by atoms with Gasteiger partial charge < -0.3 is 15.2 Å². The highest BCUT2D eigenvalue weighted by Crippen LogP contribution is 2.42. The summed E-state index contributed by atoms with van der Waals surface area (Å²) in [6, 6.07) is 11.5. The van der Waals surface area contributed by atoms with Crippen LogP contribution in [0.2, 0.25) is 0 Å². The number of nitrogens with zero attached hydrogens (tertiary/aromatic N) is 2. The number of fused-ring (bicyclic) bond motifs is 1. The van der Waals surface area contributed by atoms with Gasteiger partial charge in [0.15, 0.2) is 9.84 Å². The molecule has 2 aliphatic rings. The number of pyridine rings is 1. The van der Waals surface area contributed by atoms with Crippen LogP contribution in [0.3, 0.4) is 0 Å². The molecule has 9 nitrogen and oxygen atoms in total. The second kappa shape index (κ2) is 9.27. The van der Waals surface area contributed by atoms with Crippen molar-refractivity contribution in [1.29, 1.82) is 5.26 Å². The van der Waals surface area contributed by atoms with Gasteiger partial charge in [-0.15, -0.1) is 0 Å². The number of benzene rings is 1. The Balaban J connectivity index is 1.43. The van der Waals surface area contributed by atoms with E-state index in [2.05, 4.69) is 16.4 Å². The monoisotopic (exact) mass is 480 g/mol. The third-order valence-electron chi connectivity index (χ3n) is 6.30. The maximum absolute atomic E-state index is 12.9. The third-order valence-corrected chi connectivity index (χ3v) is 7.78. The maximum Gasteiger partial charge on any atom is 0.261 e. The Morgan fingerprint density at radius 2 is 1.97 bits per heavy atom. The number of hydrogen-bond donors (Lipinski definition) is 2. The summed E-state index contributed by atoms with van der Waals surface area (Å²) in [4.78, 5) is 42.4. The second-order valence-corrected chi connectivity index (χ2v) is 10.3. The molecule has 2 heterocycles. The van der Waals surface area contributed by atoms with Crippen molar-refractivity contribution in [3.63, 3.8) is 0 Å². The number of aromatic nitrogens is 1. The number of nitriles is 1. The fraction of sp³-hybridized carbons (Fsp3) is 0.333. The molecule has 34 heavy (non-hydrogen) atoms. The average molecular weight is 481 g/mol. The van der Waals surface area contributed by atoms with Crippen LogP contribution in [0.15, 0.2) is 57.6 Å². The van der Waals surface area contributed by atoms with Crippen LogP contribution < -0.4 is 10.9 Å². The normalized spacial score (nSPS) is 16.9. The Labute approximate surface area is 197 Å². The highest BCUT2D eigenvalue weighted by Gasteiger charge is 2.47. The lowest BCUT2D eigenvalue weighted by Gasteiger charge is -2.39. The summed E-state index contributed by atoms with van der Waals surface area (Å²) in [5, 5.41) is 13.0. The van der Waals surface area contributed by atoms with E-state index in [0.29, 0.717) is 37.1 Å². The average Bonchev–Trinajstić information content (AvgIpc) is 2.81. The van der Waals surface area contributed by atoms with E-state index in [0.717, 1.165) is 11.8 Å². The lowest BCUT2D eigenvalue weighted by molar-refractivity contribution is -0.144. The van der Waals surface area contributed by atoms with Crippen molar-refractivity contribution in [1.82, 2.24) is 15.2 Å². The summed E-state index contributed by atoms with van der Waals surface area (Å²) in [6.45, 7) is 0.526. The summed E-state index contributed by atoms with van der Waals surface area (Å²) < 4.78 is 24.5. The molecule has 0 radical (unpaired) electrons. The van der Waals surface area contributed by atoms with Crippen molar-refractivity contribution >= 4 is 21.7 Å². The lowest BCUT2D eigenvalue weighted by atomic mass is 9.69. The smallest absolute Gasteiger partial charge is 0.261 e. The topological polar surface area (TPSA) is 140 Å². The van der Waals surface area contributed by atoms with Crippen molar-refractivity contribution < 1.29 is 18.0 Å². The first-order valence-corrected chi connectivity index (χ1v) is 12.5. The van der Waals surface area contributed by atoms with Gasteiger partial charge >= 0.3 is 0 Å². The summed E-state index contributed by atoms with van der Waals surface area (Å²) in [7, 11) is -3.63. The van der Waals surface area contributed by atoms with Gasteiger partial charge in [-0.1, -0.05) is 24.3 Å². The number of hydrogen-bond acceptors (Lipinski definition) is 6. The predicted molar refractivity (Wildman–Crippen MR) is 123 cm³/mol. The largest absolute Gasteiger partial charge is 0.348 e. The van der Waals surface area contributed by atoms with E-state index >= 15 is 0 Å². The van der Waals surface area contributed by atoms with Crippen molar-refractivity contribution in [2.75, 3.05) is 13.1 Å². The number of aromatic amines is 1. The van der Waals surface area contributed by atoms with E-state index in [4.69, 9.17) is 0 Å². The van der Waals surface area contributed by atoms with Crippen LogP contribution in [0.1, 0.15) is 40.9 Å². The summed E-state index contributed by atoms with van der Waals surface area (Å²) in [5.74, 6) is -0.851. The van der Waals surface area contributed by atoms with Gasteiger partial charge in [-0.3, -0.25) is 14.4 Å². The predicted octanol–water partition coefficient (Wildman–Crippen LogP) is 1.67. The number of nitrogens with one attached hydrogen (secondary N) is 2. The van der Waals surface area contributed by atoms with Crippen molar-refractivity contribution in [2.24, 2.45) is 5.41 Å². The molecule has 0 bridgehead atoms. The highest BCUT2D eigenvalue weighted by atomic mass is 32.2. The molecule has 2 aromatic rings. The van der Waals surface area contributed by atoms with Crippen LogP contribution in [0.25, 0.3) is 0 Å². The number of amides is 2. The molecule has 0 spiro atoms. The lowest BCUT2D eigenvalue weighted by Crippen LogP contribution is -2.49. The molecular weight excluding hydrogens is 456 g/mol. The Bertz CT molecular complexity index is 1350. The van der Waals surface area contributed by atoms with Crippen LogP contribution in [0.5, 0.6) is 0 Å². The Kier molecular flexibility index (Phi) is 6.39. The first-order valence-electron chi connectivity index (χ1n) is 11.0. The van der Waals surface area contributed by atoms with Crippen LogP contribution in [0.4, 0.5) is 0 Å². The van der Waals surface area contributed by atoms with Gasteiger partial charge in [0.1, 0.15) is 11.0 Å². The van der Waals surface area contributed by atoms with E-state index in [-0.39, 0.29) is 29.5 Å². The molecule has 1 aromatic heterocycles. The van der Waals surface area contributed by atoms with Crippen molar-refractivity contribution in [3.8, 4) is 6.07 Å². The molecule has 176 valence electrons. The van der Waals surface area contributed by atoms with Gasteiger partial charge in [0.2, 0.25) is 5.91 Å². The fourth-order valence-electron chi connectivity index (χ4n) is 4.17. The first kappa shape index (κ1) is 23.4. The van der Waals surface area contributed by atoms with E-state index < -0.39 is 26.7 Å². The highest BCUT2D eigenvalue weighted by molar-refractivity contribution is 7.94. The summed E-state index contributed by atoms with van der Waals surface area (Å²) in [6.07, 6.45) is 3.69. The van der Waals surface area contributed by atoms with Crippen LogP contribution >= 0.6 is 0 Å². The van der Waals surface area contributed by atoms with E-state index in [1.807, 2.05) is 0 Å². The summed E-state index contributed by atoms with van der Waals surface area (Å²) in [5.41, 5.74) is -0.305. The maximum atomic E-state index is 12.9. The minimum absolute atomic E-state index is 0.0866. The standard InChI is InChI=1S/C24H24N4O5S/c25-16-24(9-4-10-24)23(31)28-12-8-20-17(15-28)14-19(22(30)27-20)21(29)26-11-5-13-34(32,33)18-6-2-1-3-7-18/h1-3,5-7,13-14H,4,8-12,15H2,(H,26,29)(H,27,30)/b13-5+. The van der Waals surface area contributed by atoms with Gasteiger partial charge in [0.05, 0.1) is 11.0 Å². The number of sulfone groups is 1. The van der Waals surface area contributed by atoms with E-state index in [9.17, 15) is 28.1 Å². The SMILES string of the molecule is N#CC1(C(=O)N2CCc3[nH]c(=O)c(C(=O)NC/C=C/S(=O)(=O)c4ccccc4)cc3C2)CCC1. The summed E-state index contributed by atoms with van der Waals surface area (Å²) >= 11 is 0. The zero-order valence-electron chi connectivity index (χ0n) is 18.4. The molecule has 0 atom stereocenters.